The molecule has 5 heterocycles. The van der Waals surface area contributed by atoms with Gasteiger partial charge in [0.2, 0.25) is 0 Å². The van der Waals surface area contributed by atoms with E-state index in [0.717, 1.165) is 32.9 Å². The van der Waals surface area contributed by atoms with Crippen molar-refractivity contribution in [2.75, 3.05) is 5.32 Å². The second-order valence-corrected chi connectivity index (χ2v) is 8.21. The lowest BCUT2D eigenvalue weighted by Gasteiger charge is -2.12. The van der Waals surface area contributed by atoms with Crippen LogP contribution in [0.2, 0.25) is 5.15 Å². The van der Waals surface area contributed by atoms with Crippen molar-refractivity contribution in [1.82, 2.24) is 39.2 Å². The quantitative estimate of drug-likeness (QED) is 0.335. The highest BCUT2D eigenvalue weighted by Crippen LogP contribution is 2.17. The molecule has 1 N–H and O–H groups in total. The fourth-order valence-corrected chi connectivity index (χ4v) is 3.44. The Balaban J connectivity index is 0.000000177. The van der Waals surface area contributed by atoms with Crippen LogP contribution in [0.4, 0.5) is 10.2 Å². The van der Waals surface area contributed by atoms with Crippen LogP contribution >= 0.6 is 43.5 Å². The molecule has 0 saturated heterocycles. The summed E-state index contributed by atoms with van der Waals surface area (Å²) >= 11 is 12.3. The molecule has 1 atom stereocenters. The monoisotopic (exact) mass is 567 g/mol. The predicted octanol–water partition coefficient (Wildman–Crippen LogP) is 4.74. The third-order valence-electron chi connectivity index (χ3n) is 4.00. The van der Waals surface area contributed by atoms with Gasteiger partial charge in [-0.15, -0.1) is 5.10 Å². The van der Waals surface area contributed by atoms with Crippen LogP contribution in [0.15, 0.2) is 58.3 Å². The van der Waals surface area contributed by atoms with Gasteiger partial charge in [-0.1, -0.05) is 11.6 Å². The van der Waals surface area contributed by atoms with E-state index < -0.39 is 5.82 Å². The highest BCUT2D eigenvalue weighted by molar-refractivity contribution is 9.10. The summed E-state index contributed by atoms with van der Waals surface area (Å²) in [5.74, 6) is 0.692. The van der Waals surface area contributed by atoms with Crippen molar-refractivity contribution in [2.24, 2.45) is 0 Å². The summed E-state index contributed by atoms with van der Waals surface area (Å²) in [6.45, 7) is 1.88. The van der Waals surface area contributed by atoms with Crippen LogP contribution in [0, 0.1) is 5.82 Å². The van der Waals surface area contributed by atoms with Crippen LogP contribution in [0.25, 0.3) is 11.3 Å². The van der Waals surface area contributed by atoms with Crippen LogP contribution in [0.3, 0.4) is 0 Å². The molecule has 0 saturated carbocycles. The third-order valence-corrected chi connectivity index (χ3v) is 5.28. The molecule has 0 aliphatic rings. The van der Waals surface area contributed by atoms with Crippen molar-refractivity contribution in [3.8, 4) is 0 Å². The molecule has 0 fully saturated rings. The largest absolute Gasteiger partial charge is 0.359 e. The molecule has 31 heavy (non-hydrogen) atoms. The maximum Gasteiger partial charge on any atom is 0.159 e. The van der Waals surface area contributed by atoms with Gasteiger partial charge in [-0.05, 0) is 63.0 Å². The van der Waals surface area contributed by atoms with Gasteiger partial charge in [-0.2, -0.15) is 5.10 Å². The first-order valence-corrected chi connectivity index (χ1v) is 10.8. The smallest absolute Gasteiger partial charge is 0.159 e. The highest BCUT2D eigenvalue weighted by atomic mass is 79.9. The van der Waals surface area contributed by atoms with E-state index in [4.69, 9.17) is 11.6 Å². The zero-order chi connectivity index (χ0) is 22.0. The Labute approximate surface area is 197 Å². The Morgan fingerprint density at radius 1 is 0.871 bits per heavy atom. The normalized spacial score (nSPS) is 11.9. The first-order valence-electron chi connectivity index (χ1n) is 8.81. The van der Waals surface area contributed by atoms with Crippen molar-refractivity contribution in [3.05, 3.63) is 75.1 Å². The minimum atomic E-state index is -0.456. The summed E-state index contributed by atoms with van der Waals surface area (Å²) in [5.41, 5.74) is 1.52. The Morgan fingerprint density at radius 3 is 2.10 bits per heavy atom. The van der Waals surface area contributed by atoms with E-state index in [1.54, 1.807) is 33.6 Å². The van der Waals surface area contributed by atoms with Gasteiger partial charge in [0.05, 0.1) is 30.8 Å². The lowest BCUT2D eigenvalue weighted by molar-refractivity contribution is 0.604. The van der Waals surface area contributed by atoms with E-state index in [-0.39, 0.29) is 6.04 Å². The second-order valence-electron chi connectivity index (χ2n) is 6.20. The predicted molar refractivity (Wildman–Crippen MR) is 120 cm³/mol. The Hall–Kier alpha value is -2.70. The number of halogens is 4. The minimum absolute atomic E-state index is 0.192. The number of imidazole rings is 2. The van der Waals surface area contributed by atoms with Crippen molar-refractivity contribution in [3.63, 3.8) is 0 Å². The first-order chi connectivity index (χ1) is 14.9. The maximum atomic E-state index is 12.8. The standard InChI is InChI=1S/C12H10BrFN6.C6H3BrClN3/c1-7(12-16-4-8(14)5-17-12)18-10-2-3-11-15-6-9(13)20(11)19-10;7-4-3-9-6-2-1-5(8)10-11(4)6/h2-7H,1H3,(H,18,19);1-3H/t7-;/m0./s1. The molecule has 0 bridgehead atoms. The summed E-state index contributed by atoms with van der Waals surface area (Å²) in [6, 6.07) is 6.98. The van der Waals surface area contributed by atoms with Crippen LogP contribution in [0.5, 0.6) is 0 Å². The molecule has 9 nitrogen and oxygen atoms in total. The van der Waals surface area contributed by atoms with Gasteiger partial charge >= 0.3 is 0 Å². The van der Waals surface area contributed by atoms with Gasteiger partial charge in [0, 0.05) is 0 Å². The minimum Gasteiger partial charge on any atom is -0.359 e. The lowest BCUT2D eigenvalue weighted by Crippen LogP contribution is -2.12. The van der Waals surface area contributed by atoms with E-state index >= 15 is 0 Å². The number of anilines is 1. The van der Waals surface area contributed by atoms with Gasteiger partial charge in [0.1, 0.15) is 26.0 Å². The van der Waals surface area contributed by atoms with Crippen molar-refractivity contribution >= 4 is 60.6 Å². The summed E-state index contributed by atoms with van der Waals surface area (Å²) < 4.78 is 17.6. The van der Waals surface area contributed by atoms with Crippen LogP contribution < -0.4 is 5.32 Å². The molecule has 13 heteroatoms. The zero-order valence-electron chi connectivity index (χ0n) is 15.8. The summed E-state index contributed by atoms with van der Waals surface area (Å²) in [5, 5.41) is 12.0. The summed E-state index contributed by atoms with van der Waals surface area (Å²) in [7, 11) is 0. The molecule has 5 rings (SSSR count). The molecule has 0 aliphatic heterocycles. The van der Waals surface area contributed by atoms with Gasteiger partial charge in [-0.3, -0.25) is 0 Å². The molecule has 0 aromatic carbocycles. The Bertz CT molecular complexity index is 1340. The molecule has 5 aromatic heterocycles. The number of hydrogen-bond acceptors (Lipinski definition) is 7. The number of rotatable bonds is 3. The van der Waals surface area contributed by atoms with E-state index in [1.807, 2.05) is 19.1 Å². The number of fused-ring (bicyclic) bond motifs is 2. The maximum absolute atomic E-state index is 12.8. The van der Waals surface area contributed by atoms with E-state index in [9.17, 15) is 4.39 Å². The molecule has 0 radical (unpaired) electrons. The molecular formula is C18H13Br2ClFN9. The molecular weight excluding hydrogens is 557 g/mol. The van der Waals surface area contributed by atoms with Gasteiger partial charge < -0.3 is 5.32 Å². The number of nitrogens with zero attached hydrogens (tertiary/aromatic N) is 8. The Morgan fingerprint density at radius 2 is 1.45 bits per heavy atom. The van der Waals surface area contributed by atoms with E-state index in [1.165, 1.54) is 0 Å². The van der Waals surface area contributed by atoms with Crippen LogP contribution in [-0.2, 0) is 0 Å². The number of aromatic nitrogens is 8. The average molecular weight is 570 g/mol. The van der Waals surface area contributed by atoms with Gasteiger partial charge in [-0.25, -0.2) is 33.4 Å². The molecule has 0 unspecified atom stereocenters. The topological polar surface area (TPSA) is 98.2 Å². The molecule has 0 aliphatic carbocycles. The molecule has 5 aromatic rings. The zero-order valence-corrected chi connectivity index (χ0v) is 19.7. The fourth-order valence-electron chi connectivity index (χ4n) is 2.58. The molecule has 0 amide bonds. The summed E-state index contributed by atoms with van der Waals surface area (Å²) in [4.78, 5) is 16.1. The van der Waals surface area contributed by atoms with E-state index in [2.05, 4.69) is 67.3 Å². The molecule has 158 valence electrons. The van der Waals surface area contributed by atoms with Crippen LogP contribution in [0.1, 0.15) is 18.8 Å². The SMILES string of the molecule is C[C@H](Nc1ccc2ncc(Br)n2n1)c1ncc(F)cn1.Clc1ccc2ncc(Br)n2n1. The number of nitrogens with one attached hydrogen (secondary N) is 1. The van der Waals surface area contributed by atoms with Crippen molar-refractivity contribution < 1.29 is 4.39 Å². The fraction of sp³-hybridized carbons (Fsp3) is 0.111. The second kappa shape index (κ2) is 9.20. The van der Waals surface area contributed by atoms with Gasteiger partial charge in [0.25, 0.3) is 0 Å². The average Bonchev–Trinajstić information content (AvgIpc) is 3.31. The first kappa shape index (κ1) is 21.5. The lowest BCUT2D eigenvalue weighted by atomic mass is 10.3. The molecule has 0 spiro atoms. The van der Waals surface area contributed by atoms with Crippen molar-refractivity contribution in [1.29, 1.82) is 0 Å². The van der Waals surface area contributed by atoms with Crippen molar-refractivity contribution in [2.45, 2.75) is 13.0 Å². The summed E-state index contributed by atoms with van der Waals surface area (Å²) in [6.07, 6.45) is 5.64. The number of hydrogen-bond donors (Lipinski definition) is 1. The van der Waals surface area contributed by atoms with Gasteiger partial charge in [0.15, 0.2) is 17.1 Å². The Kier molecular flexibility index (Phi) is 6.39. The van der Waals surface area contributed by atoms with E-state index in [0.29, 0.717) is 16.8 Å². The highest BCUT2D eigenvalue weighted by Gasteiger charge is 2.10. The third kappa shape index (κ3) is 4.97. The van der Waals surface area contributed by atoms with Crippen LogP contribution in [-0.4, -0.2) is 39.2 Å².